The number of rotatable bonds is 3. The van der Waals surface area contributed by atoms with Gasteiger partial charge in [-0.05, 0) is 37.1 Å². The van der Waals surface area contributed by atoms with Gasteiger partial charge in [-0.2, -0.15) is 0 Å². The third-order valence-electron chi connectivity index (χ3n) is 4.83. The van der Waals surface area contributed by atoms with Crippen molar-refractivity contribution in [1.29, 1.82) is 0 Å². The predicted molar refractivity (Wildman–Crippen MR) is 96.4 cm³/mol. The summed E-state index contributed by atoms with van der Waals surface area (Å²) in [5.74, 6) is -1.04. The van der Waals surface area contributed by atoms with Gasteiger partial charge in [0.1, 0.15) is 5.69 Å². The average Bonchev–Trinajstić information content (AvgIpc) is 2.97. The van der Waals surface area contributed by atoms with Gasteiger partial charge in [0.2, 0.25) is 0 Å². The van der Waals surface area contributed by atoms with Crippen LogP contribution in [0.5, 0.6) is 0 Å². The minimum atomic E-state index is -0.970. The largest absolute Gasteiger partial charge is 0.478 e. The zero-order valence-electron chi connectivity index (χ0n) is 13.9. The summed E-state index contributed by atoms with van der Waals surface area (Å²) in [6.07, 6.45) is 0.711. The van der Waals surface area contributed by atoms with Crippen molar-refractivity contribution in [1.82, 2.24) is 4.57 Å². The summed E-state index contributed by atoms with van der Waals surface area (Å²) in [6, 6.07) is 14.9. The molecule has 1 N–H and O–H groups in total. The Bertz CT molecular complexity index is 989. The molecular formula is C20H18N2O3. The van der Waals surface area contributed by atoms with Crippen LogP contribution in [0.15, 0.2) is 48.5 Å². The van der Waals surface area contributed by atoms with Gasteiger partial charge in [0.15, 0.2) is 0 Å². The summed E-state index contributed by atoms with van der Waals surface area (Å²) in [5.41, 5.74) is 3.32. The highest BCUT2D eigenvalue weighted by molar-refractivity contribution is 6.13. The Morgan fingerprint density at radius 1 is 1.12 bits per heavy atom. The fourth-order valence-corrected chi connectivity index (χ4v) is 3.77. The van der Waals surface area contributed by atoms with E-state index in [4.69, 9.17) is 0 Å². The summed E-state index contributed by atoms with van der Waals surface area (Å²) in [5, 5.41) is 10.4. The minimum Gasteiger partial charge on any atom is -0.478 e. The monoisotopic (exact) mass is 334 g/mol. The lowest BCUT2D eigenvalue weighted by Gasteiger charge is -2.28. The molecule has 0 saturated carbocycles. The fraction of sp³-hybridized carbons (Fsp3) is 0.200. The zero-order chi connectivity index (χ0) is 17.6. The number of hydrogen-bond acceptors (Lipinski definition) is 2. The average molecular weight is 334 g/mol. The summed E-state index contributed by atoms with van der Waals surface area (Å²) in [7, 11) is 0. The number of nitrogens with zero attached hydrogens (tertiary/aromatic N) is 2. The molecule has 0 saturated heterocycles. The second-order valence-corrected chi connectivity index (χ2v) is 6.12. The second kappa shape index (κ2) is 5.77. The lowest BCUT2D eigenvalue weighted by atomic mass is 10.0. The number of aromatic nitrogens is 1. The molecule has 1 amide bonds. The summed E-state index contributed by atoms with van der Waals surface area (Å²) in [6.45, 7) is 3.08. The van der Waals surface area contributed by atoms with Gasteiger partial charge in [0.05, 0.1) is 11.1 Å². The Balaban J connectivity index is 1.96. The number of para-hydroxylation sites is 2. The van der Waals surface area contributed by atoms with E-state index in [2.05, 4.69) is 0 Å². The number of hydrogen-bond donors (Lipinski definition) is 1. The maximum Gasteiger partial charge on any atom is 0.337 e. The molecule has 25 heavy (non-hydrogen) atoms. The molecule has 0 spiro atoms. The van der Waals surface area contributed by atoms with Gasteiger partial charge in [-0.1, -0.05) is 30.3 Å². The molecule has 0 bridgehead atoms. The highest BCUT2D eigenvalue weighted by Gasteiger charge is 2.32. The van der Waals surface area contributed by atoms with Crippen molar-refractivity contribution >= 4 is 28.5 Å². The molecule has 2 aromatic carbocycles. The number of benzene rings is 2. The number of anilines is 1. The molecule has 4 rings (SSSR count). The maximum atomic E-state index is 13.2. The first kappa shape index (κ1) is 15.4. The quantitative estimate of drug-likeness (QED) is 0.796. The highest BCUT2D eigenvalue weighted by atomic mass is 16.4. The van der Waals surface area contributed by atoms with E-state index in [1.165, 1.54) is 0 Å². The van der Waals surface area contributed by atoms with E-state index in [9.17, 15) is 14.7 Å². The van der Waals surface area contributed by atoms with Crippen molar-refractivity contribution in [3.8, 4) is 0 Å². The molecule has 1 aliphatic heterocycles. The van der Waals surface area contributed by atoms with Gasteiger partial charge in [0.25, 0.3) is 5.91 Å². The number of carbonyl (C=O) groups excluding carboxylic acids is 1. The minimum absolute atomic E-state index is 0.0677. The van der Waals surface area contributed by atoms with Crippen LogP contribution in [0.4, 0.5) is 5.69 Å². The molecule has 0 atom stereocenters. The third kappa shape index (κ3) is 2.23. The topological polar surface area (TPSA) is 62.5 Å². The summed E-state index contributed by atoms with van der Waals surface area (Å²) < 4.78 is 1.85. The first-order valence-electron chi connectivity index (χ1n) is 8.37. The number of fused-ring (bicyclic) bond motifs is 3. The van der Waals surface area contributed by atoms with E-state index in [-0.39, 0.29) is 11.5 Å². The van der Waals surface area contributed by atoms with Crippen LogP contribution >= 0.6 is 0 Å². The number of amides is 1. The molecule has 2 heterocycles. The Kier molecular flexibility index (Phi) is 3.57. The summed E-state index contributed by atoms with van der Waals surface area (Å²) in [4.78, 5) is 26.6. The molecule has 0 fully saturated rings. The standard InChI is InChI=1S/C20H18N2O3/c1-2-21-17-14(9-6-10-16(17)20(24)25)15-11-12-22(19(23)18(15)21)13-7-4-3-5-8-13/h3-10H,2,11-12H2,1H3,(H,24,25). The fourth-order valence-electron chi connectivity index (χ4n) is 3.77. The Morgan fingerprint density at radius 2 is 1.88 bits per heavy atom. The first-order chi connectivity index (χ1) is 12.1. The van der Waals surface area contributed by atoms with Crippen LogP contribution in [0.1, 0.15) is 33.3 Å². The van der Waals surface area contributed by atoms with Gasteiger partial charge < -0.3 is 14.6 Å². The second-order valence-electron chi connectivity index (χ2n) is 6.12. The van der Waals surface area contributed by atoms with Crippen LogP contribution in [-0.2, 0) is 13.0 Å². The first-order valence-corrected chi connectivity index (χ1v) is 8.37. The molecular weight excluding hydrogens is 316 g/mol. The molecule has 0 unspecified atom stereocenters. The van der Waals surface area contributed by atoms with Crippen molar-refractivity contribution < 1.29 is 14.7 Å². The molecule has 1 aromatic heterocycles. The summed E-state index contributed by atoms with van der Waals surface area (Å²) >= 11 is 0. The normalized spacial score (nSPS) is 14.0. The molecule has 5 heteroatoms. The zero-order valence-corrected chi connectivity index (χ0v) is 13.9. The van der Waals surface area contributed by atoms with Crippen molar-refractivity contribution in [3.05, 3.63) is 65.4 Å². The van der Waals surface area contributed by atoms with Crippen LogP contribution in [0.3, 0.4) is 0 Å². The van der Waals surface area contributed by atoms with Gasteiger partial charge in [0, 0.05) is 24.2 Å². The van der Waals surface area contributed by atoms with Crippen molar-refractivity contribution in [2.24, 2.45) is 0 Å². The van der Waals surface area contributed by atoms with Crippen LogP contribution in [0, 0.1) is 0 Å². The third-order valence-corrected chi connectivity index (χ3v) is 4.83. The Labute approximate surface area is 145 Å². The molecule has 0 radical (unpaired) electrons. The van der Waals surface area contributed by atoms with Gasteiger partial charge >= 0.3 is 5.97 Å². The van der Waals surface area contributed by atoms with Gasteiger partial charge in [-0.3, -0.25) is 4.79 Å². The van der Waals surface area contributed by atoms with Crippen molar-refractivity contribution in [2.45, 2.75) is 19.9 Å². The molecule has 1 aliphatic rings. The number of carboxylic acids is 1. The number of carbonyl (C=O) groups is 2. The molecule has 126 valence electrons. The smallest absolute Gasteiger partial charge is 0.337 e. The molecule has 3 aromatic rings. The van der Waals surface area contributed by atoms with Gasteiger partial charge in [-0.15, -0.1) is 0 Å². The Morgan fingerprint density at radius 3 is 2.56 bits per heavy atom. The van der Waals surface area contributed by atoms with Crippen LogP contribution < -0.4 is 4.90 Å². The SMILES string of the molecule is CCn1c2c(c3cccc(C(=O)O)c31)CCN(c1ccccc1)C2=O. The van der Waals surface area contributed by atoms with Gasteiger partial charge in [-0.25, -0.2) is 4.79 Å². The van der Waals surface area contributed by atoms with Crippen LogP contribution in [-0.4, -0.2) is 28.1 Å². The maximum absolute atomic E-state index is 13.2. The lowest BCUT2D eigenvalue weighted by molar-refractivity contribution is 0.0698. The molecule has 0 aliphatic carbocycles. The number of aryl methyl sites for hydroxylation is 1. The van der Waals surface area contributed by atoms with Crippen molar-refractivity contribution in [2.75, 3.05) is 11.4 Å². The van der Waals surface area contributed by atoms with E-state index in [0.29, 0.717) is 30.7 Å². The van der Waals surface area contributed by atoms with Crippen molar-refractivity contribution in [3.63, 3.8) is 0 Å². The van der Waals surface area contributed by atoms with Crippen LogP contribution in [0.25, 0.3) is 10.9 Å². The van der Waals surface area contributed by atoms with E-state index >= 15 is 0 Å². The number of carboxylic acid groups (broad SMARTS) is 1. The lowest BCUT2D eigenvalue weighted by Crippen LogP contribution is -2.38. The predicted octanol–water partition coefficient (Wildman–Crippen LogP) is 3.56. The number of aromatic carboxylic acids is 1. The molecule has 5 nitrogen and oxygen atoms in total. The van der Waals surface area contributed by atoms with E-state index < -0.39 is 5.97 Å². The highest BCUT2D eigenvalue weighted by Crippen LogP contribution is 2.34. The van der Waals surface area contributed by atoms with E-state index in [1.54, 1.807) is 17.0 Å². The van der Waals surface area contributed by atoms with E-state index in [1.807, 2.05) is 47.9 Å². The van der Waals surface area contributed by atoms with E-state index in [0.717, 1.165) is 16.6 Å². The Hall–Kier alpha value is -3.08. The van der Waals surface area contributed by atoms with Crippen LogP contribution in [0.2, 0.25) is 0 Å².